The van der Waals surface area contributed by atoms with Crippen molar-refractivity contribution in [3.8, 4) is 0 Å². The molecule has 1 aromatic carbocycles. The van der Waals surface area contributed by atoms with Crippen molar-refractivity contribution in [2.24, 2.45) is 5.92 Å². The summed E-state index contributed by atoms with van der Waals surface area (Å²) >= 11 is 0. The Morgan fingerprint density at radius 1 is 1.44 bits per heavy atom. The molecule has 1 aliphatic heterocycles. The number of likely N-dealkylation sites (tertiary alicyclic amines) is 1. The Bertz CT molecular complexity index is 442. The van der Waals surface area contributed by atoms with Crippen LogP contribution in [-0.4, -0.2) is 35.6 Å². The molecule has 0 bridgehead atoms. The van der Waals surface area contributed by atoms with E-state index in [4.69, 9.17) is 5.11 Å². The van der Waals surface area contributed by atoms with E-state index in [2.05, 4.69) is 0 Å². The maximum Gasteiger partial charge on any atom is 0.246 e. The molecule has 1 saturated heterocycles. The van der Waals surface area contributed by atoms with E-state index in [1.165, 1.54) is 18.2 Å². The second-order valence-corrected chi connectivity index (χ2v) is 4.51. The van der Waals surface area contributed by atoms with E-state index in [1.54, 1.807) is 23.1 Å². The summed E-state index contributed by atoms with van der Waals surface area (Å²) in [6, 6.07) is 5.98. The zero-order valence-electron chi connectivity index (χ0n) is 10.1. The lowest BCUT2D eigenvalue weighted by Crippen LogP contribution is -2.27. The van der Waals surface area contributed by atoms with Crippen molar-refractivity contribution in [3.05, 3.63) is 41.7 Å². The second kappa shape index (κ2) is 5.78. The first-order valence-electron chi connectivity index (χ1n) is 6.02. The first kappa shape index (κ1) is 12.8. The first-order valence-corrected chi connectivity index (χ1v) is 6.02. The maximum atomic E-state index is 12.7. The van der Waals surface area contributed by atoms with Crippen LogP contribution in [0.25, 0.3) is 6.08 Å². The van der Waals surface area contributed by atoms with Gasteiger partial charge in [0.1, 0.15) is 5.82 Å². The quantitative estimate of drug-likeness (QED) is 0.828. The zero-order valence-corrected chi connectivity index (χ0v) is 10.1. The second-order valence-electron chi connectivity index (χ2n) is 4.51. The number of benzene rings is 1. The van der Waals surface area contributed by atoms with E-state index in [0.29, 0.717) is 13.1 Å². The Morgan fingerprint density at radius 3 is 2.78 bits per heavy atom. The number of hydrogen-bond donors (Lipinski definition) is 1. The van der Waals surface area contributed by atoms with Crippen LogP contribution in [0.2, 0.25) is 0 Å². The summed E-state index contributed by atoms with van der Waals surface area (Å²) in [5, 5.41) is 9.01. The monoisotopic (exact) mass is 249 g/mol. The number of carbonyl (C=O) groups is 1. The van der Waals surface area contributed by atoms with Crippen molar-refractivity contribution in [1.29, 1.82) is 0 Å². The Hall–Kier alpha value is -1.68. The smallest absolute Gasteiger partial charge is 0.246 e. The number of nitrogens with zero attached hydrogens (tertiary/aromatic N) is 1. The van der Waals surface area contributed by atoms with E-state index in [1.807, 2.05) is 0 Å². The van der Waals surface area contributed by atoms with Gasteiger partial charge in [-0.25, -0.2) is 4.39 Å². The normalized spacial score (nSPS) is 19.7. The fraction of sp³-hybridized carbons (Fsp3) is 0.357. The topological polar surface area (TPSA) is 40.5 Å². The molecule has 18 heavy (non-hydrogen) atoms. The Labute approximate surface area is 106 Å². The van der Waals surface area contributed by atoms with Crippen molar-refractivity contribution in [3.63, 3.8) is 0 Å². The lowest BCUT2D eigenvalue weighted by atomic mass is 10.1. The third kappa shape index (κ3) is 3.17. The summed E-state index contributed by atoms with van der Waals surface area (Å²) < 4.78 is 12.7. The lowest BCUT2D eigenvalue weighted by molar-refractivity contribution is -0.125. The van der Waals surface area contributed by atoms with Gasteiger partial charge in [-0.15, -0.1) is 0 Å². The van der Waals surface area contributed by atoms with Crippen LogP contribution in [0.15, 0.2) is 30.3 Å². The van der Waals surface area contributed by atoms with Crippen LogP contribution >= 0.6 is 0 Å². The van der Waals surface area contributed by atoms with Crippen LogP contribution in [-0.2, 0) is 4.79 Å². The predicted molar refractivity (Wildman–Crippen MR) is 67.2 cm³/mol. The molecular weight excluding hydrogens is 233 g/mol. The molecule has 3 nitrogen and oxygen atoms in total. The number of rotatable bonds is 3. The van der Waals surface area contributed by atoms with Gasteiger partial charge in [0.2, 0.25) is 5.91 Å². The fourth-order valence-electron chi connectivity index (χ4n) is 2.03. The summed E-state index contributed by atoms with van der Waals surface area (Å²) in [6.45, 7) is 1.44. The van der Waals surface area contributed by atoms with Gasteiger partial charge >= 0.3 is 0 Å². The molecule has 0 saturated carbocycles. The minimum absolute atomic E-state index is 0.0599. The van der Waals surface area contributed by atoms with Crippen molar-refractivity contribution < 1.29 is 14.3 Å². The number of carbonyl (C=O) groups excluding carboxylic acids is 1. The molecule has 96 valence electrons. The van der Waals surface area contributed by atoms with Crippen LogP contribution in [0, 0.1) is 11.7 Å². The molecule has 1 unspecified atom stereocenters. The molecule has 0 radical (unpaired) electrons. The molecule has 1 aliphatic rings. The lowest BCUT2D eigenvalue weighted by Gasteiger charge is -2.13. The van der Waals surface area contributed by atoms with Crippen molar-refractivity contribution >= 4 is 12.0 Å². The molecule has 1 atom stereocenters. The van der Waals surface area contributed by atoms with E-state index in [0.717, 1.165) is 12.0 Å². The van der Waals surface area contributed by atoms with Gasteiger partial charge in [-0.05, 0) is 30.2 Å². The van der Waals surface area contributed by atoms with Gasteiger partial charge in [0.25, 0.3) is 0 Å². The highest BCUT2D eigenvalue weighted by Gasteiger charge is 2.23. The van der Waals surface area contributed by atoms with Gasteiger partial charge in [-0.1, -0.05) is 12.1 Å². The van der Waals surface area contributed by atoms with E-state index in [9.17, 15) is 9.18 Å². The summed E-state index contributed by atoms with van der Waals surface area (Å²) in [6.07, 6.45) is 4.02. The molecular formula is C14H16FNO2. The van der Waals surface area contributed by atoms with Crippen molar-refractivity contribution in [2.45, 2.75) is 6.42 Å². The minimum Gasteiger partial charge on any atom is -0.396 e. The summed E-state index contributed by atoms with van der Waals surface area (Å²) in [4.78, 5) is 13.6. The minimum atomic E-state index is -0.288. The predicted octanol–water partition coefficient (Wildman–Crippen LogP) is 1.68. The molecule has 1 fully saturated rings. The third-order valence-electron chi connectivity index (χ3n) is 3.14. The van der Waals surface area contributed by atoms with Crippen LogP contribution in [0.5, 0.6) is 0 Å². The number of halogens is 1. The fourth-order valence-corrected chi connectivity index (χ4v) is 2.03. The number of hydrogen-bond acceptors (Lipinski definition) is 2. The van der Waals surface area contributed by atoms with Gasteiger partial charge in [0, 0.05) is 31.7 Å². The van der Waals surface area contributed by atoms with E-state index >= 15 is 0 Å². The number of aliphatic hydroxyl groups excluding tert-OH is 1. The van der Waals surface area contributed by atoms with Crippen LogP contribution in [0.1, 0.15) is 12.0 Å². The standard InChI is InChI=1S/C14H16FNO2/c15-13-4-1-11(2-5-13)3-6-14(18)16-8-7-12(9-16)10-17/h1-6,12,17H,7-10H2. The largest absolute Gasteiger partial charge is 0.396 e. The summed E-state index contributed by atoms with van der Waals surface area (Å²) in [5.41, 5.74) is 0.794. The molecule has 1 N–H and O–H groups in total. The molecule has 0 spiro atoms. The van der Waals surface area contributed by atoms with Crippen molar-refractivity contribution in [2.75, 3.05) is 19.7 Å². The average molecular weight is 249 g/mol. The highest BCUT2D eigenvalue weighted by molar-refractivity contribution is 5.91. The van der Waals surface area contributed by atoms with Crippen LogP contribution < -0.4 is 0 Å². The van der Waals surface area contributed by atoms with Gasteiger partial charge in [0.05, 0.1) is 0 Å². The summed E-state index contributed by atoms with van der Waals surface area (Å²) in [5.74, 6) is -0.146. The molecule has 2 rings (SSSR count). The summed E-state index contributed by atoms with van der Waals surface area (Å²) in [7, 11) is 0. The maximum absolute atomic E-state index is 12.7. The molecule has 1 heterocycles. The molecule has 1 amide bonds. The van der Waals surface area contributed by atoms with Crippen LogP contribution in [0.4, 0.5) is 4.39 Å². The Morgan fingerprint density at radius 2 is 2.17 bits per heavy atom. The number of amides is 1. The number of aliphatic hydroxyl groups is 1. The van der Waals surface area contributed by atoms with E-state index < -0.39 is 0 Å². The van der Waals surface area contributed by atoms with Gasteiger partial charge in [0.15, 0.2) is 0 Å². The average Bonchev–Trinajstić information content (AvgIpc) is 2.86. The van der Waals surface area contributed by atoms with E-state index in [-0.39, 0.29) is 24.2 Å². The molecule has 1 aromatic rings. The first-order chi connectivity index (χ1) is 8.69. The van der Waals surface area contributed by atoms with Gasteiger partial charge < -0.3 is 10.0 Å². The van der Waals surface area contributed by atoms with Crippen LogP contribution in [0.3, 0.4) is 0 Å². The molecule has 4 heteroatoms. The molecule has 0 aromatic heterocycles. The van der Waals surface area contributed by atoms with Gasteiger partial charge in [-0.2, -0.15) is 0 Å². The molecule has 0 aliphatic carbocycles. The zero-order chi connectivity index (χ0) is 13.0. The Kier molecular flexibility index (Phi) is 4.10. The Balaban J connectivity index is 1.93. The third-order valence-corrected chi connectivity index (χ3v) is 3.14. The highest BCUT2D eigenvalue weighted by atomic mass is 19.1. The van der Waals surface area contributed by atoms with Gasteiger partial charge in [-0.3, -0.25) is 4.79 Å². The SMILES string of the molecule is O=C(C=Cc1ccc(F)cc1)N1CCC(CO)C1. The van der Waals surface area contributed by atoms with Crippen molar-refractivity contribution in [1.82, 2.24) is 4.90 Å². The highest BCUT2D eigenvalue weighted by Crippen LogP contribution is 2.16.